The van der Waals surface area contributed by atoms with Crippen molar-refractivity contribution in [3.05, 3.63) is 40.7 Å². The van der Waals surface area contributed by atoms with Crippen molar-refractivity contribution >= 4 is 19.0 Å². The van der Waals surface area contributed by atoms with Crippen molar-refractivity contribution in [2.45, 2.75) is 104 Å². The summed E-state index contributed by atoms with van der Waals surface area (Å²) in [6, 6.07) is 5.42. The number of morpholine rings is 2. The highest BCUT2D eigenvalue weighted by Gasteiger charge is 2.68. The van der Waals surface area contributed by atoms with Crippen LogP contribution in [0.25, 0.3) is 0 Å². The zero-order valence-electron chi connectivity index (χ0n) is 32.5. The van der Waals surface area contributed by atoms with Gasteiger partial charge in [0.2, 0.25) is 5.91 Å². The summed E-state index contributed by atoms with van der Waals surface area (Å²) in [5.74, 6) is 0.0379. The van der Waals surface area contributed by atoms with Crippen molar-refractivity contribution in [3.8, 4) is 5.75 Å². The smallest absolute Gasteiger partial charge is 0.482 e. The molecule has 1 N–H and O–H groups in total. The SMILES string of the molecule is COc1c(CC(NC(=O)Cn2nnc(CN3CCOCC3)c2CN2CCOCC2)B2O[C@@H]3C[C@H]4C[C@@H](C4(C)C)[C@]3(C)O2)cccc1C(=O)OC(C)(C)C. The van der Waals surface area contributed by atoms with Gasteiger partial charge in [0.15, 0.2) is 0 Å². The monoisotopic (exact) mass is 736 g/mol. The van der Waals surface area contributed by atoms with Crippen LogP contribution in [0.3, 0.4) is 0 Å². The average Bonchev–Trinajstić information content (AvgIpc) is 3.67. The molecule has 6 fully saturated rings. The minimum atomic E-state index is -0.709. The molecule has 290 valence electrons. The lowest BCUT2D eigenvalue weighted by atomic mass is 9.43. The molecular weight excluding hydrogens is 679 g/mol. The van der Waals surface area contributed by atoms with Gasteiger partial charge in [0, 0.05) is 39.3 Å². The van der Waals surface area contributed by atoms with Gasteiger partial charge in [0.1, 0.15) is 29.2 Å². The van der Waals surface area contributed by atoms with Crippen LogP contribution < -0.4 is 10.1 Å². The standard InChI is InChI=1S/C38H57BN6O8/c1-36(2,3)51-35(47)27-10-8-9-25(34(27)48-7)19-32(39-52-31-21-26-20-30(37(26,4)5)38(31,6)53-39)40-33(46)24-45-29(23-44-13-17-50-18-14-44)28(41-42-45)22-43-11-15-49-16-12-43/h8-10,26,30-32H,11-24H2,1-7H3,(H,40,46)/t26-,30+,31-,32?,38+/m1/s1. The molecule has 3 aliphatic carbocycles. The molecular formula is C38H57BN6O8. The lowest BCUT2D eigenvalue weighted by molar-refractivity contribution is -0.199. The Bertz CT molecular complexity index is 1640. The number of hydrogen-bond donors (Lipinski definition) is 1. The third-order valence-corrected chi connectivity index (χ3v) is 12.2. The number of para-hydroxylation sites is 1. The number of carbonyl (C=O) groups is 2. The van der Waals surface area contributed by atoms with Gasteiger partial charge < -0.3 is 33.6 Å². The van der Waals surface area contributed by atoms with Crippen molar-refractivity contribution < 1.29 is 37.8 Å². The summed E-state index contributed by atoms with van der Waals surface area (Å²) in [5, 5.41) is 12.4. The number of ether oxygens (including phenoxy) is 4. The molecule has 0 radical (unpaired) electrons. The first-order chi connectivity index (χ1) is 25.2. The van der Waals surface area contributed by atoms with Crippen LogP contribution in [0.2, 0.25) is 0 Å². The molecule has 2 aromatic rings. The highest BCUT2D eigenvalue weighted by Crippen LogP contribution is 2.65. The van der Waals surface area contributed by atoms with Crippen LogP contribution in [0, 0.1) is 17.3 Å². The number of carbonyl (C=O) groups excluding carboxylic acids is 2. The topological polar surface area (TPSA) is 139 Å². The first kappa shape index (κ1) is 38.2. The van der Waals surface area contributed by atoms with Crippen LogP contribution in [0.5, 0.6) is 5.75 Å². The predicted octanol–water partition coefficient (Wildman–Crippen LogP) is 2.90. The molecule has 53 heavy (non-hydrogen) atoms. The Hall–Kier alpha value is -3.08. The molecule has 1 amide bonds. The first-order valence-electron chi connectivity index (χ1n) is 19.3. The zero-order valence-corrected chi connectivity index (χ0v) is 32.5. The first-order valence-corrected chi connectivity index (χ1v) is 19.3. The third-order valence-electron chi connectivity index (χ3n) is 12.2. The fraction of sp³-hybridized carbons (Fsp3) is 0.737. The van der Waals surface area contributed by atoms with Crippen LogP contribution in [0.1, 0.15) is 81.7 Å². The molecule has 0 spiro atoms. The summed E-state index contributed by atoms with van der Waals surface area (Å²) >= 11 is 0. The van der Waals surface area contributed by atoms with E-state index in [4.69, 9.17) is 28.3 Å². The Morgan fingerprint density at radius 3 is 2.34 bits per heavy atom. The summed E-state index contributed by atoms with van der Waals surface area (Å²) in [6.45, 7) is 19.5. The number of aromatic nitrogens is 3. The van der Waals surface area contributed by atoms with E-state index < -0.39 is 30.2 Å². The van der Waals surface area contributed by atoms with Gasteiger partial charge in [-0.25, -0.2) is 9.48 Å². The second-order valence-electron chi connectivity index (χ2n) is 17.1. The van der Waals surface area contributed by atoms with Crippen LogP contribution in [-0.4, -0.2) is 127 Å². The van der Waals surface area contributed by atoms with E-state index in [1.807, 2.05) is 32.9 Å². The Labute approximate surface area is 313 Å². The number of hydrogen-bond acceptors (Lipinski definition) is 12. The summed E-state index contributed by atoms with van der Waals surface area (Å²) in [7, 11) is 0.836. The predicted molar refractivity (Wildman–Crippen MR) is 196 cm³/mol. The van der Waals surface area contributed by atoms with Crippen molar-refractivity contribution in [3.63, 3.8) is 0 Å². The van der Waals surface area contributed by atoms with Gasteiger partial charge in [0.25, 0.3) is 0 Å². The molecule has 14 nitrogen and oxygen atoms in total. The van der Waals surface area contributed by atoms with Gasteiger partial charge in [-0.1, -0.05) is 31.2 Å². The molecule has 1 aromatic carbocycles. The lowest BCUT2D eigenvalue weighted by Crippen LogP contribution is -2.65. The van der Waals surface area contributed by atoms with E-state index in [0.29, 0.717) is 69.1 Å². The molecule has 15 heteroatoms. The maximum atomic E-state index is 14.2. The van der Waals surface area contributed by atoms with Gasteiger partial charge in [-0.2, -0.15) is 0 Å². The number of rotatable bonds is 12. The number of nitrogens with one attached hydrogen (secondary N) is 1. The molecule has 3 saturated carbocycles. The van der Waals surface area contributed by atoms with E-state index in [-0.39, 0.29) is 24.0 Å². The maximum Gasteiger partial charge on any atom is 0.482 e. The number of methoxy groups -OCH3 is 1. The molecule has 2 bridgehead atoms. The Kier molecular flexibility index (Phi) is 11.0. The van der Waals surface area contributed by atoms with Crippen molar-refractivity contribution in [1.29, 1.82) is 0 Å². The van der Waals surface area contributed by atoms with Crippen LogP contribution in [0.15, 0.2) is 18.2 Å². The zero-order chi connectivity index (χ0) is 37.5. The molecule has 3 aliphatic heterocycles. The van der Waals surface area contributed by atoms with Crippen LogP contribution in [0.4, 0.5) is 0 Å². The molecule has 5 atom stereocenters. The van der Waals surface area contributed by atoms with Gasteiger partial charge in [0.05, 0.1) is 56.9 Å². The number of benzene rings is 1. The number of esters is 1. The lowest BCUT2D eigenvalue weighted by Gasteiger charge is -2.64. The fourth-order valence-electron chi connectivity index (χ4n) is 9.13. The molecule has 6 aliphatic rings. The largest absolute Gasteiger partial charge is 0.496 e. The third kappa shape index (κ3) is 8.02. The highest BCUT2D eigenvalue weighted by atomic mass is 16.7. The van der Waals surface area contributed by atoms with Gasteiger partial charge in [-0.05, 0) is 75.8 Å². The number of nitrogens with zero attached hydrogens (tertiary/aromatic N) is 5. The van der Waals surface area contributed by atoms with E-state index in [2.05, 4.69) is 46.2 Å². The Morgan fingerprint density at radius 2 is 1.70 bits per heavy atom. The normalized spacial score (nSPS) is 27.8. The summed E-state index contributed by atoms with van der Waals surface area (Å²) < 4.78 is 38.1. The minimum Gasteiger partial charge on any atom is -0.496 e. The van der Waals surface area contributed by atoms with E-state index in [1.54, 1.807) is 17.9 Å². The fourth-order valence-corrected chi connectivity index (χ4v) is 9.13. The maximum absolute atomic E-state index is 14.2. The van der Waals surface area contributed by atoms with Crippen molar-refractivity contribution in [1.82, 2.24) is 30.1 Å². The van der Waals surface area contributed by atoms with Crippen molar-refractivity contribution in [2.24, 2.45) is 17.3 Å². The molecule has 3 saturated heterocycles. The number of amides is 1. The average molecular weight is 737 g/mol. The van der Waals surface area contributed by atoms with E-state index >= 15 is 0 Å². The summed E-state index contributed by atoms with van der Waals surface area (Å²) in [6.07, 6.45) is 2.27. The second kappa shape index (κ2) is 15.2. The summed E-state index contributed by atoms with van der Waals surface area (Å²) in [5.41, 5.74) is 1.86. The Morgan fingerprint density at radius 1 is 1.02 bits per heavy atom. The van der Waals surface area contributed by atoms with Gasteiger partial charge in [-0.3, -0.25) is 14.6 Å². The molecule has 8 rings (SSSR count). The molecule has 1 aromatic heterocycles. The van der Waals surface area contributed by atoms with E-state index in [0.717, 1.165) is 56.0 Å². The van der Waals surface area contributed by atoms with Crippen LogP contribution in [-0.2, 0) is 54.4 Å². The summed E-state index contributed by atoms with van der Waals surface area (Å²) in [4.78, 5) is 32.1. The van der Waals surface area contributed by atoms with E-state index in [1.165, 1.54) is 0 Å². The van der Waals surface area contributed by atoms with E-state index in [9.17, 15) is 9.59 Å². The minimum absolute atomic E-state index is 0.0213. The molecule has 1 unspecified atom stereocenters. The second-order valence-corrected chi connectivity index (χ2v) is 17.1. The highest BCUT2D eigenvalue weighted by molar-refractivity contribution is 6.48. The quantitative estimate of drug-likeness (QED) is 0.253. The van der Waals surface area contributed by atoms with Crippen LogP contribution >= 0.6 is 0 Å². The van der Waals surface area contributed by atoms with Gasteiger partial charge >= 0.3 is 13.1 Å². The van der Waals surface area contributed by atoms with Gasteiger partial charge in [-0.15, -0.1) is 5.10 Å². The molecule has 4 heterocycles. The van der Waals surface area contributed by atoms with Crippen molar-refractivity contribution in [2.75, 3.05) is 59.7 Å². The Balaban J connectivity index is 1.15.